The molecule has 1 heterocycles. The Bertz CT molecular complexity index is 1660. The fourth-order valence-corrected chi connectivity index (χ4v) is 5.28. The van der Waals surface area contributed by atoms with Crippen molar-refractivity contribution >= 4 is 11.8 Å². The first-order valence-corrected chi connectivity index (χ1v) is 15.2. The van der Waals surface area contributed by atoms with Crippen molar-refractivity contribution in [2.45, 2.75) is 51.8 Å². The Morgan fingerprint density at radius 3 is 2.20 bits per heavy atom. The number of terminal acetylenes is 1. The average Bonchev–Trinajstić information content (AvgIpc) is 3.58. The number of aromatic nitrogens is 1. The van der Waals surface area contributed by atoms with Crippen LogP contribution in [0.3, 0.4) is 0 Å². The molecule has 0 unspecified atom stereocenters. The summed E-state index contributed by atoms with van der Waals surface area (Å²) in [6.07, 6.45) is 8.70. The van der Waals surface area contributed by atoms with E-state index in [9.17, 15) is 23.5 Å². The number of aliphatic hydroxyl groups is 1. The molecule has 0 saturated heterocycles. The standard InChI is InChI=1S/C36H38F2N4O4/c1-4-11-41(12-5-2)35(44)28-18-27(34-40-10-13-46-34)19-29(20-28)36(45)42(22-25-9-7-8-24(6-3)14-25)23-33(43)32(39)17-26-15-30(37)21-31(38)16-26/h3,7-10,13-16,18-21,32-33,43H,4-5,11-12,17,22-23,39H2,1-2H3/t32-,33+/m0/s1. The highest BCUT2D eigenvalue weighted by molar-refractivity contribution is 6.01. The quantitative estimate of drug-likeness (QED) is 0.180. The molecule has 0 fully saturated rings. The van der Waals surface area contributed by atoms with Gasteiger partial charge in [0.25, 0.3) is 11.8 Å². The fourth-order valence-electron chi connectivity index (χ4n) is 5.28. The zero-order valence-electron chi connectivity index (χ0n) is 26.0. The van der Waals surface area contributed by atoms with E-state index >= 15 is 0 Å². The van der Waals surface area contributed by atoms with Crippen LogP contribution in [0.5, 0.6) is 0 Å². The molecule has 0 aliphatic heterocycles. The number of hydrogen-bond donors (Lipinski definition) is 2. The molecule has 240 valence electrons. The van der Waals surface area contributed by atoms with Crippen molar-refractivity contribution in [1.29, 1.82) is 0 Å². The number of nitrogens with zero attached hydrogens (tertiary/aromatic N) is 3. The van der Waals surface area contributed by atoms with Crippen molar-refractivity contribution < 1.29 is 27.9 Å². The lowest BCUT2D eigenvalue weighted by Crippen LogP contribution is -2.46. The first-order valence-electron chi connectivity index (χ1n) is 15.2. The maximum atomic E-state index is 14.3. The van der Waals surface area contributed by atoms with E-state index in [1.54, 1.807) is 41.3 Å². The molecule has 0 aliphatic carbocycles. The van der Waals surface area contributed by atoms with Crippen LogP contribution in [0.15, 0.2) is 77.5 Å². The Kier molecular flexibility index (Phi) is 11.8. The summed E-state index contributed by atoms with van der Waals surface area (Å²) in [6, 6.07) is 13.9. The number of aliphatic hydroxyl groups excluding tert-OH is 1. The Labute approximate surface area is 267 Å². The summed E-state index contributed by atoms with van der Waals surface area (Å²) in [7, 11) is 0. The summed E-state index contributed by atoms with van der Waals surface area (Å²) in [4.78, 5) is 35.3. The Morgan fingerprint density at radius 1 is 0.957 bits per heavy atom. The lowest BCUT2D eigenvalue weighted by atomic mass is 10.00. The highest BCUT2D eigenvalue weighted by Crippen LogP contribution is 2.24. The van der Waals surface area contributed by atoms with Crippen molar-refractivity contribution in [3.8, 4) is 23.8 Å². The normalized spacial score (nSPS) is 12.3. The van der Waals surface area contributed by atoms with Gasteiger partial charge in [-0.2, -0.15) is 0 Å². The van der Waals surface area contributed by atoms with E-state index < -0.39 is 29.7 Å². The van der Waals surface area contributed by atoms with Crippen molar-refractivity contribution in [3.05, 3.63) is 113 Å². The first kappa shape index (κ1) is 34.0. The average molecular weight is 629 g/mol. The third-order valence-electron chi connectivity index (χ3n) is 7.43. The van der Waals surface area contributed by atoms with Crippen LogP contribution >= 0.6 is 0 Å². The van der Waals surface area contributed by atoms with Gasteiger partial charge in [-0.05, 0) is 72.9 Å². The predicted molar refractivity (Wildman–Crippen MR) is 172 cm³/mol. The van der Waals surface area contributed by atoms with E-state index in [1.165, 1.54) is 23.4 Å². The number of nitrogens with two attached hydrogens (primary N) is 1. The van der Waals surface area contributed by atoms with Gasteiger partial charge in [0, 0.05) is 60.5 Å². The summed E-state index contributed by atoms with van der Waals surface area (Å²) in [5.74, 6) is 0.578. The molecule has 46 heavy (non-hydrogen) atoms. The fraction of sp³-hybridized carbons (Fsp3) is 0.306. The Morgan fingerprint density at radius 2 is 1.61 bits per heavy atom. The lowest BCUT2D eigenvalue weighted by Gasteiger charge is -2.29. The van der Waals surface area contributed by atoms with Crippen molar-refractivity contribution in [3.63, 3.8) is 0 Å². The van der Waals surface area contributed by atoms with Gasteiger partial charge >= 0.3 is 0 Å². The van der Waals surface area contributed by atoms with Gasteiger partial charge in [0.15, 0.2) is 0 Å². The van der Waals surface area contributed by atoms with Crippen molar-refractivity contribution in [1.82, 2.24) is 14.8 Å². The lowest BCUT2D eigenvalue weighted by molar-refractivity contribution is 0.0554. The van der Waals surface area contributed by atoms with Gasteiger partial charge in [-0.15, -0.1) is 6.42 Å². The molecule has 10 heteroatoms. The van der Waals surface area contributed by atoms with Crippen molar-refractivity contribution in [2.24, 2.45) is 5.73 Å². The summed E-state index contributed by atoms with van der Waals surface area (Å²) >= 11 is 0. The molecule has 0 bridgehead atoms. The minimum atomic E-state index is -1.27. The second-order valence-electron chi connectivity index (χ2n) is 11.2. The zero-order valence-corrected chi connectivity index (χ0v) is 26.0. The van der Waals surface area contributed by atoms with Crippen LogP contribution < -0.4 is 5.73 Å². The monoisotopic (exact) mass is 628 g/mol. The molecule has 0 saturated carbocycles. The predicted octanol–water partition coefficient (Wildman–Crippen LogP) is 5.44. The van der Waals surface area contributed by atoms with Crippen LogP contribution in [0.2, 0.25) is 0 Å². The molecule has 0 spiro atoms. The van der Waals surface area contributed by atoms with Gasteiger partial charge < -0.3 is 25.1 Å². The first-order chi connectivity index (χ1) is 22.1. The highest BCUT2D eigenvalue weighted by atomic mass is 19.1. The van der Waals surface area contributed by atoms with Crippen LogP contribution in [0.4, 0.5) is 8.78 Å². The Hall–Kier alpha value is -4.85. The number of carbonyl (C=O) groups is 2. The van der Waals surface area contributed by atoms with Gasteiger partial charge in [-0.3, -0.25) is 9.59 Å². The highest BCUT2D eigenvalue weighted by Gasteiger charge is 2.26. The molecule has 2 atom stereocenters. The third-order valence-corrected chi connectivity index (χ3v) is 7.43. The van der Waals surface area contributed by atoms with Gasteiger partial charge in [0.1, 0.15) is 17.9 Å². The molecule has 1 aromatic heterocycles. The number of hydrogen-bond acceptors (Lipinski definition) is 6. The topological polar surface area (TPSA) is 113 Å². The summed E-state index contributed by atoms with van der Waals surface area (Å²) < 4.78 is 33.1. The SMILES string of the molecule is C#Cc1cccc(CN(C[C@@H](O)[C@@H](N)Cc2cc(F)cc(F)c2)C(=O)c2cc(C(=O)N(CCC)CCC)cc(-c3ncco3)c2)c1. The van der Waals surface area contributed by atoms with Crippen LogP contribution in [0.25, 0.3) is 11.5 Å². The zero-order chi connectivity index (χ0) is 33.2. The molecular formula is C36H38F2N4O4. The minimum absolute atomic E-state index is 0.0343. The van der Waals surface area contributed by atoms with Gasteiger partial charge in [0.05, 0.1) is 12.3 Å². The van der Waals surface area contributed by atoms with Crippen LogP contribution in [-0.4, -0.2) is 63.5 Å². The van der Waals surface area contributed by atoms with E-state index in [4.69, 9.17) is 16.6 Å². The molecule has 3 aromatic carbocycles. The molecule has 0 aliphatic rings. The van der Waals surface area contributed by atoms with E-state index in [1.807, 2.05) is 13.8 Å². The number of carbonyl (C=O) groups excluding carboxylic acids is 2. The molecular weight excluding hydrogens is 590 g/mol. The third kappa shape index (κ3) is 8.87. The smallest absolute Gasteiger partial charge is 0.254 e. The summed E-state index contributed by atoms with van der Waals surface area (Å²) in [6.45, 7) is 4.91. The van der Waals surface area contributed by atoms with E-state index in [0.717, 1.165) is 31.0 Å². The maximum absolute atomic E-state index is 14.3. The molecule has 4 rings (SSSR count). The molecule has 4 aromatic rings. The van der Waals surface area contributed by atoms with E-state index in [2.05, 4.69) is 10.9 Å². The number of rotatable bonds is 14. The summed E-state index contributed by atoms with van der Waals surface area (Å²) in [5, 5.41) is 11.2. The van der Waals surface area contributed by atoms with E-state index in [0.29, 0.717) is 35.3 Å². The number of halogens is 2. The Balaban J connectivity index is 1.71. The second kappa shape index (κ2) is 15.9. The number of oxazole rings is 1. The van der Waals surface area contributed by atoms with Gasteiger partial charge in [0.2, 0.25) is 5.89 Å². The van der Waals surface area contributed by atoms with Crippen LogP contribution in [-0.2, 0) is 13.0 Å². The largest absolute Gasteiger partial charge is 0.445 e. The molecule has 2 amide bonds. The summed E-state index contributed by atoms with van der Waals surface area (Å²) in [5.41, 5.74) is 8.78. The second-order valence-corrected chi connectivity index (χ2v) is 11.2. The van der Waals surface area contributed by atoms with Gasteiger partial charge in [-0.25, -0.2) is 13.8 Å². The maximum Gasteiger partial charge on any atom is 0.254 e. The van der Waals surface area contributed by atoms with Gasteiger partial charge in [-0.1, -0.05) is 31.9 Å². The van der Waals surface area contributed by atoms with E-state index in [-0.39, 0.29) is 42.4 Å². The van der Waals surface area contributed by atoms with Crippen LogP contribution in [0.1, 0.15) is 64.1 Å². The van der Waals surface area contributed by atoms with Crippen molar-refractivity contribution in [2.75, 3.05) is 19.6 Å². The molecule has 0 radical (unpaired) electrons. The van der Waals surface area contributed by atoms with Crippen LogP contribution in [0, 0.1) is 24.0 Å². The molecule has 8 nitrogen and oxygen atoms in total. The minimum Gasteiger partial charge on any atom is -0.445 e. The number of benzene rings is 3. The number of amides is 2. The molecule has 3 N–H and O–H groups in total.